The van der Waals surface area contributed by atoms with Crippen molar-refractivity contribution in [2.24, 2.45) is 0 Å². The molecule has 2 atom stereocenters. The third kappa shape index (κ3) is 9.64. The van der Waals surface area contributed by atoms with Crippen molar-refractivity contribution in [1.29, 1.82) is 0 Å². The molecule has 3 rings (SSSR count). The minimum Gasteiger partial charge on any atom is -0.544 e. The summed E-state index contributed by atoms with van der Waals surface area (Å²) in [5, 5.41) is 4.77. The fourth-order valence-corrected chi connectivity index (χ4v) is 5.08. The highest BCUT2D eigenvalue weighted by Crippen LogP contribution is 2.37. The zero-order chi connectivity index (χ0) is 29.6. The Hall–Kier alpha value is -2.88. The Morgan fingerprint density at radius 3 is 2.23 bits per heavy atom. The summed E-state index contributed by atoms with van der Waals surface area (Å²) in [5.74, 6) is 0.537. The van der Waals surface area contributed by atoms with Crippen LogP contribution in [-0.4, -0.2) is 56.3 Å². The van der Waals surface area contributed by atoms with Crippen LogP contribution < -0.4 is 9.74 Å². The summed E-state index contributed by atoms with van der Waals surface area (Å²) >= 11 is 0. The van der Waals surface area contributed by atoms with Crippen LogP contribution in [0.4, 0.5) is 4.79 Å². The standard InChI is InChI=1S/C31H46N2O6Si/c1-30(2,3)37-29(35)38-33-20-12-15-27(36-22-23-13-10-9-11-14-23)26(21-33)32-28(34)24-16-18-25(19-17-24)39-40(7,8)31(4,5)6/h9-11,13-14,16-19,26-27H,12,15,20-22H2,1-8H3,(H,32,34)/t26-,27-/m1/s1. The van der Waals surface area contributed by atoms with Crippen LogP contribution in [0.25, 0.3) is 0 Å². The summed E-state index contributed by atoms with van der Waals surface area (Å²) in [6, 6.07) is 16.8. The molecule has 1 heterocycles. The second-order valence-corrected chi connectivity index (χ2v) is 17.6. The first-order valence-corrected chi connectivity index (χ1v) is 17.0. The van der Waals surface area contributed by atoms with Gasteiger partial charge in [0.2, 0.25) is 8.32 Å². The van der Waals surface area contributed by atoms with E-state index in [0.717, 1.165) is 17.7 Å². The summed E-state index contributed by atoms with van der Waals surface area (Å²) in [6.07, 6.45) is 0.399. The largest absolute Gasteiger partial charge is 0.544 e. The van der Waals surface area contributed by atoms with Crippen molar-refractivity contribution < 1.29 is 28.3 Å². The normalized spacial score (nSPS) is 18.9. The van der Waals surface area contributed by atoms with Gasteiger partial charge in [0.15, 0.2) is 0 Å². The molecule has 8 nitrogen and oxygen atoms in total. The summed E-state index contributed by atoms with van der Waals surface area (Å²) in [5.41, 5.74) is 0.905. The van der Waals surface area contributed by atoms with Gasteiger partial charge in [0.05, 0.1) is 25.3 Å². The maximum atomic E-state index is 13.4. The van der Waals surface area contributed by atoms with Gasteiger partial charge in [-0.05, 0) is 81.6 Å². The highest BCUT2D eigenvalue weighted by molar-refractivity contribution is 6.74. The van der Waals surface area contributed by atoms with Crippen LogP contribution in [0.15, 0.2) is 54.6 Å². The Kier molecular flexibility index (Phi) is 10.4. The lowest BCUT2D eigenvalue weighted by Gasteiger charge is -2.36. The molecule has 0 aromatic heterocycles. The Balaban J connectivity index is 1.72. The Morgan fingerprint density at radius 1 is 0.975 bits per heavy atom. The summed E-state index contributed by atoms with van der Waals surface area (Å²) in [6.45, 7) is 17.5. The molecule has 0 radical (unpaired) electrons. The van der Waals surface area contributed by atoms with Gasteiger partial charge >= 0.3 is 6.16 Å². The highest BCUT2D eigenvalue weighted by Gasteiger charge is 2.39. The molecule has 0 spiro atoms. The maximum Gasteiger partial charge on any atom is 0.528 e. The third-order valence-electron chi connectivity index (χ3n) is 7.26. The molecule has 1 aliphatic heterocycles. The molecule has 1 saturated heterocycles. The van der Waals surface area contributed by atoms with Crippen molar-refractivity contribution in [3.8, 4) is 5.75 Å². The zero-order valence-corrected chi connectivity index (χ0v) is 26.3. The number of rotatable bonds is 8. The molecule has 0 unspecified atom stereocenters. The van der Waals surface area contributed by atoms with Crippen molar-refractivity contribution >= 4 is 20.4 Å². The highest BCUT2D eigenvalue weighted by atomic mass is 28.4. The van der Waals surface area contributed by atoms with Crippen molar-refractivity contribution in [2.45, 2.75) is 96.9 Å². The minimum absolute atomic E-state index is 0.0740. The third-order valence-corrected chi connectivity index (χ3v) is 11.6. The number of hydrogen-bond donors (Lipinski definition) is 1. The van der Waals surface area contributed by atoms with E-state index < -0.39 is 26.1 Å². The first kappa shape index (κ1) is 31.6. The lowest BCUT2D eigenvalue weighted by molar-refractivity contribution is -0.145. The van der Waals surface area contributed by atoms with Gasteiger partial charge in [0.25, 0.3) is 5.91 Å². The molecule has 1 amide bonds. The number of ether oxygens (including phenoxy) is 2. The number of benzene rings is 2. The smallest absolute Gasteiger partial charge is 0.528 e. The van der Waals surface area contributed by atoms with E-state index in [1.165, 1.54) is 0 Å². The SMILES string of the molecule is CC(C)(C)OC(=O)ON1CCC[C@@H](OCc2ccccc2)[C@H](NC(=O)c2ccc(O[Si](C)(C)C(C)(C)C)cc2)C1. The molecule has 1 N–H and O–H groups in total. The molecular weight excluding hydrogens is 524 g/mol. The van der Waals surface area contributed by atoms with Gasteiger partial charge in [-0.3, -0.25) is 4.79 Å². The van der Waals surface area contributed by atoms with Crippen LogP contribution in [0.1, 0.15) is 70.3 Å². The van der Waals surface area contributed by atoms with E-state index in [9.17, 15) is 9.59 Å². The summed E-state index contributed by atoms with van der Waals surface area (Å²) in [7, 11) is -1.99. The monoisotopic (exact) mass is 570 g/mol. The van der Waals surface area contributed by atoms with E-state index in [1.807, 2.05) is 42.5 Å². The summed E-state index contributed by atoms with van der Waals surface area (Å²) < 4.78 is 18.0. The first-order valence-electron chi connectivity index (χ1n) is 14.0. The minimum atomic E-state index is -1.99. The van der Waals surface area contributed by atoms with Crippen molar-refractivity contribution in [1.82, 2.24) is 10.4 Å². The molecule has 0 aliphatic carbocycles. The number of carbonyl (C=O) groups excluding carboxylic acids is 2. The second kappa shape index (κ2) is 13.2. The molecule has 2 aromatic carbocycles. The average Bonchev–Trinajstić information content (AvgIpc) is 3.03. The maximum absolute atomic E-state index is 13.4. The second-order valence-electron chi connectivity index (χ2n) is 12.9. The van der Waals surface area contributed by atoms with Gasteiger partial charge in [-0.25, -0.2) is 4.79 Å². The summed E-state index contributed by atoms with van der Waals surface area (Å²) in [4.78, 5) is 31.2. The number of carbonyl (C=O) groups is 2. The molecule has 220 valence electrons. The number of hydrogen-bond acceptors (Lipinski definition) is 7. The van der Waals surface area contributed by atoms with E-state index in [0.29, 0.717) is 25.1 Å². The lowest BCUT2D eigenvalue weighted by Crippen LogP contribution is -2.50. The van der Waals surface area contributed by atoms with E-state index in [-0.39, 0.29) is 23.6 Å². The fourth-order valence-electron chi connectivity index (χ4n) is 4.04. The van der Waals surface area contributed by atoms with Gasteiger partial charge in [0.1, 0.15) is 11.4 Å². The van der Waals surface area contributed by atoms with E-state index in [2.05, 4.69) is 39.2 Å². The fraction of sp³-hybridized carbons (Fsp3) is 0.548. The first-order chi connectivity index (χ1) is 18.6. The van der Waals surface area contributed by atoms with Crippen LogP contribution >= 0.6 is 0 Å². The number of hydroxylamine groups is 2. The molecule has 40 heavy (non-hydrogen) atoms. The number of nitrogens with zero attached hydrogens (tertiary/aromatic N) is 1. The van der Waals surface area contributed by atoms with Gasteiger partial charge < -0.3 is 24.1 Å². The zero-order valence-electron chi connectivity index (χ0n) is 25.3. The Labute approximate surface area is 240 Å². The van der Waals surface area contributed by atoms with Crippen molar-refractivity contribution in [3.05, 3.63) is 65.7 Å². The van der Waals surface area contributed by atoms with Crippen molar-refractivity contribution in [3.63, 3.8) is 0 Å². The van der Waals surface area contributed by atoms with Gasteiger partial charge in [0, 0.05) is 12.1 Å². The Bertz CT molecular complexity index is 1110. The van der Waals surface area contributed by atoms with Gasteiger partial charge in [-0.15, -0.1) is 5.06 Å². The molecule has 0 saturated carbocycles. The molecule has 0 bridgehead atoms. The predicted molar refractivity (Wildman–Crippen MR) is 159 cm³/mol. The van der Waals surface area contributed by atoms with Crippen LogP contribution in [0.2, 0.25) is 18.1 Å². The average molecular weight is 571 g/mol. The quantitative estimate of drug-likeness (QED) is 0.279. The Morgan fingerprint density at radius 2 is 1.62 bits per heavy atom. The molecule has 2 aromatic rings. The molecule has 1 fully saturated rings. The molecule has 1 aliphatic rings. The van der Waals surface area contributed by atoms with Crippen LogP contribution in [0, 0.1) is 0 Å². The number of amides is 1. The van der Waals surface area contributed by atoms with Crippen molar-refractivity contribution in [2.75, 3.05) is 13.1 Å². The molecular formula is C31H46N2O6Si. The van der Waals surface area contributed by atoms with Crippen LogP contribution in [-0.2, 0) is 20.9 Å². The molecule has 9 heteroatoms. The van der Waals surface area contributed by atoms with E-state index >= 15 is 0 Å². The van der Waals surface area contributed by atoms with Gasteiger partial charge in [-0.1, -0.05) is 51.1 Å². The van der Waals surface area contributed by atoms with Gasteiger partial charge in [-0.2, -0.15) is 0 Å². The lowest BCUT2D eigenvalue weighted by atomic mass is 10.1. The number of nitrogens with one attached hydrogen (secondary N) is 1. The van der Waals surface area contributed by atoms with Crippen LogP contribution in [0.5, 0.6) is 5.75 Å². The topological polar surface area (TPSA) is 86.3 Å². The van der Waals surface area contributed by atoms with E-state index in [1.54, 1.807) is 38.0 Å². The van der Waals surface area contributed by atoms with E-state index in [4.69, 9.17) is 18.7 Å². The van der Waals surface area contributed by atoms with Crippen LogP contribution in [0.3, 0.4) is 0 Å². The predicted octanol–water partition coefficient (Wildman–Crippen LogP) is 6.72.